The van der Waals surface area contributed by atoms with E-state index in [1.54, 1.807) is 36.4 Å². The van der Waals surface area contributed by atoms with E-state index in [1.165, 1.54) is 42.5 Å². The Labute approximate surface area is 431 Å². The average Bonchev–Trinajstić information content (AvgIpc) is 3.42. The molecule has 12 heteroatoms. The minimum Gasteiger partial charge on any atom is -0.493 e. The molecule has 2 unspecified atom stereocenters. The molecule has 0 bridgehead atoms. The maximum atomic E-state index is 13.8. The Kier molecular flexibility index (Phi) is 21.0. The Morgan fingerprint density at radius 3 is 1.38 bits per heavy atom. The summed E-state index contributed by atoms with van der Waals surface area (Å²) in [6.45, 7) is 11.3. The first-order valence-electron chi connectivity index (χ1n) is 24.2. The van der Waals surface area contributed by atoms with Crippen LogP contribution < -0.4 is 18.9 Å². The van der Waals surface area contributed by atoms with E-state index in [1.807, 2.05) is 80.6 Å². The fourth-order valence-electron chi connectivity index (χ4n) is 7.09. The largest absolute Gasteiger partial charge is 0.493 e. The summed E-state index contributed by atoms with van der Waals surface area (Å²) >= 11 is 0. The van der Waals surface area contributed by atoms with E-state index in [2.05, 4.69) is 36.8 Å². The van der Waals surface area contributed by atoms with Crippen molar-refractivity contribution in [2.45, 2.75) is 71.2 Å². The first-order chi connectivity index (χ1) is 36.0. The number of carbonyl (C=O) groups excluding carboxylic acids is 5. The van der Waals surface area contributed by atoms with Crippen LogP contribution in [0.15, 0.2) is 171 Å². The second-order valence-electron chi connectivity index (χ2n) is 16.6. The Morgan fingerprint density at radius 2 is 0.919 bits per heavy atom. The van der Waals surface area contributed by atoms with Gasteiger partial charge in [-0.25, -0.2) is 24.0 Å². The van der Waals surface area contributed by atoms with E-state index in [4.69, 9.17) is 33.2 Å². The molecule has 6 aromatic carbocycles. The summed E-state index contributed by atoms with van der Waals surface area (Å²) in [7, 11) is 0. The van der Waals surface area contributed by atoms with Gasteiger partial charge < -0.3 is 33.2 Å². The highest BCUT2D eigenvalue weighted by molar-refractivity contribution is 5.97. The van der Waals surface area contributed by atoms with E-state index >= 15 is 0 Å². The van der Waals surface area contributed by atoms with Crippen LogP contribution in [0.5, 0.6) is 23.0 Å². The number of hydrogen-bond donors (Lipinski definition) is 0. The number of esters is 5. The number of carbonyl (C=O) groups is 5. The van der Waals surface area contributed by atoms with Crippen LogP contribution in [-0.4, -0.2) is 55.3 Å². The van der Waals surface area contributed by atoms with Crippen LogP contribution in [0.4, 0.5) is 0 Å². The van der Waals surface area contributed by atoms with Crippen LogP contribution in [0.1, 0.15) is 111 Å². The molecule has 6 rings (SSSR count). The minimum atomic E-state index is -0.850. The fourth-order valence-corrected chi connectivity index (χ4v) is 7.09. The zero-order valence-corrected chi connectivity index (χ0v) is 41.3. The van der Waals surface area contributed by atoms with Crippen LogP contribution in [0, 0.1) is 23.7 Å². The highest BCUT2D eigenvalue weighted by Gasteiger charge is 2.22. The minimum absolute atomic E-state index is 0.0160. The molecule has 0 heterocycles. The van der Waals surface area contributed by atoms with Crippen LogP contribution in [0.2, 0.25) is 0 Å². The molecule has 0 spiro atoms. The molecule has 6 aromatic rings. The predicted molar refractivity (Wildman–Crippen MR) is 280 cm³/mol. The maximum Gasteiger partial charge on any atom is 0.343 e. The van der Waals surface area contributed by atoms with Crippen molar-refractivity contribution in [1.29, 1.82) is 0 Å². The number of hydrogen-bond acceptors (Lipinski definition) is 12. The topological polar surface area (TPSA) is 150 Å². The normalized spacial score (nSPS) is 11.1. The van der Waals surface area contributed by atoms with Gasteiger partial charge in [-0.1, -0.05) is 93.9 Å². The van der Waals surface area contributed by atoms with Crippen molar-refractivity contribution in [1.82, 2.24) is 0 Å². The van der Waals surface area contributed by atoms with Gasteiger partial charge in [0, 0.05) is 47.2 Å². The van der Waals surface area contributed by atoms with Crippen LogP contribution >= 0.6 is 0 Å². The average molecular weight is 993 g/mol. The van der Waals surface area contributed by atoms with E-state index in [0.29, 0.717) is 42.7 Å². The summed E-state index contributed by atoms with van der Waals surface area (Å²) in [6.07, 6.45) is 5.54. The molecule has 0 aromatic heterocycles. The lowest BCUT2D eigenvalue weighted by molar-refractivity contribution is -0.144. The lowest BCUT2D eigenvalue weighted by atomic mass is 10.1. The van der Waals surface area contributed by atoms with Gasteiger partial charge >= 0.3 is 29.8 Å². The van der Waals surface area contributed by atoms with E-state index in [0.717, 1.165) is 47.2 Å². The molecule has 0 saturated carbocycles. The van der Waals surface area contributed by atoms with Crippen molar-refractivity contribution in [2.75, 3.05) is 13.2 Å². The van der Waals surface area contributed by atoms with E-state index in [9.17, 15) is 24.0 Å². The number of ether oxygens (including phenoxy) is 7. The maximum absolute atomic E-state index is 13.8. The van der Waals surface area contributed by atoms with Crippen molar-refractivity contribution in [2.24, 2.45) is 0 Å². The van der Waals surface area contributed by atoms with Gasteiger partial charge in [0.05, 0.1) is 24.3 Å². The summed E-state index contributed by atoms with van der Waals surface area (Å²) in [5, 5.41) is 0. The van der Waals surface area contributed by atoms with Gasteiger partial charge in [-0.15, -0.1) is 0 Å². The first-order valence-corrected chi connectivity index (χ1v) is 24.2. The molecule has 0 radical (unpaired) electrons. The Bertz CT molecular complexity index is 2990. The van der Waals surface area contributed by atoms with Crippen molar-refractivity contribution in [3.05, 3.63) is 215 Å². The van der Waals surface area contributed by atoms with E-state index in [-0.39, 0.29) is 60.2 Å². The van der Waals surface area contributed by atoms with Gasteiger partial charge in [0.2, 0.25) is 0 Å². The third-order valence-electron chi connectivity index (χ3n) is 11.0. The molecule has 12 nitrogen and oxygen atoms in total. The monoisotopic (exact) mass is 992 g/mol. The molecule has 0 aliphatic carbocycles. The van der Waals surface area contributed by atoms with Crippen LogP contribution in [-0.2, 0) is 30.4 Å². The molecule has 0 amide bonds. The molecule has 0 saturated heterocycles. The molecule has 376 valence electrons. The SMILES string of the molecule is C=CC(=O)OC(CCC)CCOc1ccc(C(=O)Oc2ccc(OC(=O)c3ccc(OCCC(CCC)OC(=O)C=C)cc3)c(C(=O)OCc3ccc(C#Cc4ccc(C#Cc5ccccc5)cc4)cc3)c2)cc1. The predicted octanol–water partition coefficient (Wildman–Crippen LogP) is 11.6. The molecule has 74 heavy (non-hydrogen) atoms. The first kappa shape index (κ1) is 54.2. The number of benzene rings is 6. The molecular weight excluding hydrogens is 937 g/mol. The molecular formula is C62H56O12. The van der Waals surface area contributed by atoms with Crippen molar-refractivity contribution < 1.29 is 57.1 Å². The summed E-state index contributed by atoms with van der Waals surface area (Å²) in [5.41, 5.74) is 4.23. The smallest absolute Gasteiger partial charge is 0.343 e. The Hall–Kier alpha value is -9.13. The van der Waals surface area contributed by atoms with Gasteiger partial charge in [-0.3, -0.25) is 0 Å². The van der Waals surface area contributed by atoms with Crippen molar-refractivity contribution >= 4 is 29.8 Å². The Balaban J connectivity index is 1.11. The van der Waals surface area contributed by atoms with Gasteiger partial charge in [0.25, 0.3) is 0 Å². The van der Waals surface area contributed by atoms with E-state index < -0.39 is 29.8 Å². The quantitative estimate of drug-likeness (QED) is 0.0198. The third kappa shape index (κ3) is 17.6. The standard InChI is InChI=1S/C62H56O12/c1-5-12-53(71-58(63)7-3)38-40-68-51-32-28-49(29-33-51)60(65)73-55-36-37-57(74-61(66)50-30-34-52(35-31-50)69-41-39-54(13-6-2)72-59(64)8-4)56(42-55)62(67)70-43-48-26-24-47(25-27-48)23-22-46-20-18-45(19-21-46)17-16-44-14-10-9-11-15-44/h7-11,14-15,18-21,24-37,42,53-54H,3-6,12-13,38-41,43H2,1-2H3. The summed E-state index contributed by atoms with van der Waals surface area (Å²) < 4.78 is 39.6. The molecule has 0 aliphatic rings. The molecule has 0 N–H and O–H groups in total. The van der Waals surface area contributed by atoms with Gasteiger partial charge in [-0.05, 0) is 134 Å². The van der Waals surface area contributed by atoms with Crippen LogP contribution in [0.25, 0.3) is 0 Å². The van der Waals surface area contributed by atoms with Crippen molar-refractivity contribution in [3.8, 4) is 46.7 Å². The fraction of sp³-hybridized carbons (Fsp3) is 0.210. The lowest BCUT2D eigenvalue weighted by Gasteiger charge is -2.16. The second kappa shape index (κ2) is 28.7. The van der Waals surface area contributed by atoms with Gasteiger partial charge in [0.1, 0.15) is 47.4 Å². The highest BCUT2D eigenvalue weighted by Crippen LogP contribution is 2.28. The third-order valence-corrected chi connectivity index (χ3v) is 11.0. The zero-order valence-electron chi connectivity index (χ0n) is 41.3. The summed E-state index contributed by atoms with van der Waals surface area (Å²) in [6, 6.07) is 41.1. The zero-order chi connectivity index (χ0) is 52.5. The summed E-state index contributed by atoms with van der Waals surface area (Å²) in [4.78, 5) is 64.1. The Morgan fingerprint density at radius 1 is 0.486 bits per heavy atom. The van der Waals surface area contributed by atoms with Crippen LogP contribution in [0.3, 0.4) is 0 Å². The highest BCUT2D eigenvalue weighted by atomic mass is 16.6. The molecule has 0 aliphatic heterocycles. The molecule has 2 atom stereocenters. The summed E-state index contributed by atoms with van der Waals surface area (Å²) in [5.74, 6) is 10.1. The lowest BCUT2D eigenvalue weighted by Crippen LogP contribution is -2.19. The second-order valence-corrected chi connectivity index (χ2v) is 16.6. The van der Waals surface area contributed by atoms with Crippen molar-refractivity contribution in [3.63, 3.8) is 0 Å². The van der Waals surface area contributed by atoms with Gasteiger partial charge in [-0.2, -0.15) is 0 Å². The van der Waals surface area contributed by atoms with Gasteiger partial charge in [0.15, 0.2) is 0 Å². The number of rotatable bonds is 23. The molecule has 0 fully saturated rings.